The van der Waals surface area contributed by atoms with Crippen LogP contribution in [0.3, 0.4) is 0 Å². The Labute approximate surface area is 322 Å². The van der Waals surface area contributed by atoms with Gasteiger partial charge in [0.2, 0.25) is 0 Å². The minimum Gasteiger partial charge on any atom is -0.462 e. The van der Waals surface area contributed by atoms with Crippen molar-refractivity contribution in [1.82, 2.24) is 0 Å². The quantitative estimate of drug-likeness (QED) is 0.0244. The maximum Gasteiger partial charge on any atom is 0.469 e. The third-order valence-corrected chi connectivity index (χ3v) is 8.74. The van der Waals surface area contributed by atoms with Gasteiger partial charge in [-0.25, -0.2) is 4.57 Å². The van der Waals surface area contributed by atoms with Crippen LogP contribution in [0.25, 0.3) is 0 Å². The van der Waals surface area contributed by atoms with Crippen LogP contribution in [-0.4, -0.2) is 52.8 Å². The van der Waals surface area contributed by atoms with E-state index in [0.29, 0.717) is 19.3 Å². The van der Waals surface area contributed by atoms with Gasteiger partial charge < -0.3 is 24.4 Å². The number of phosphoric acid groups is 1. The highest BCUT2D eigenvalue weighted by Crippen LogP contribution is 2.36. The summed E-state index contributed by atoms with van der Waals surface area (Å²) in [5.74, 6) is -0.979. The van der Waals surface area contributed by atoms with E-state index in [1.54, 1.807) is 0 Å². The summed E-state index contributed by atoms with van der Waals surface area (Å²) in [6.07, 6.45) is 47.8. The number of hydrogen-bond acceptors (Lipinski definition) is 7. The number of phosphoric ester groups is 1. The fraction of sp³-hybridized carbons (Fsp3) is 0.674. The monoisotopic (exact) mass is 764 g/mol. The second-order valence-corrected chi connectivity index (χ2v) is 14.6. The zero-order valence-corrected chi connectivity index (χ0v) is 33.7. The van der Waals surface area contributed by atoms with Gasteiger partial charge in [-0.1, -0.05) is 131 Å². The first-order valence-electron chi connectivity index (χ1n) is 20.3. The Balaban J connectivity index is 4.06. The van der Waals surface area contributed by atoms with Gasteiger partial charge in [-0.2, -0.15) is 0 Å². The molecule has 1 atom stereocenters. The molecule has 53 heavy (non-hydrogen) atoms. The fourth-order valence-electron chi connectivity index (χ4n) is 5.20. The number of hydrogen-bond donors (Lipinski definition) is 3. The number of allylic oxidation sites excluding steroid dienone is 12. The van der Waals surface area contributed by atoms with Crippen molar-refractivity contribution >= 4 is 19.8 Å². The van der Waals surface area contributed by atoms with Crippen LogP contribution in [0.1, 0.15) is 161 Å². The van der Waals surface area contributed by atoms with E-state index in [2.05, 4.69) is 72.2 Å². The Kier molecular flexibility index (Phi) is 37.3. The Morgan fingerprint density at radius 3 is 1.43 bits per heavy atom. The lowest BCUT2D eigenvalue weighted by atomic mass is 10.1. The van der Waals surface area contributed by atoms with Crippen LogP contribution in [0.4, 0.5) is 0 Å². The lowest BCUT2D eigenvalue weighted by Gasteiger charge is -2.18. The van der Waals surface area contributed by atoms with E-state index in [4.69, 9.17) is 24.4 Å². The average Bonchev–Trinajstić information content (AvgIpc) is 3.13. The maximum absolute atomic E-state index is 12.4. The second kappa shape index (κ2) is 39.2. The first kappa shape index (κ1) is 50.5. The van der Waals surface area contributed by atoms with Gasteiger partial charge in [-0.3, -0.25) is 14.1 Å². The minimum atomic E-state index is -4.78. The van der Waals surface area contributed by atoms with E-state index in [9.17, 15) is 14.2 Å². The number of ether oxygens (including phenoxy) is 2. The number of carbonyl (C=O) groups excluding carboxylic acids is 2. The minimum absolute atomic E-state index is 0.121. The zero-order chi connectivity index (χ0) is 38.9. The third kappa shape index (κ3) is 42.1. The number of aliphatic hydroxyl groups excluding tert-OH is 1. The lowest BCUT2D eigenvalue weighted by molar-refractivity contribution is -0.161. The summed E-state index contributed by atoms with van der Waals surface area (Å²) in [4.78, 5) is 42.8. The van der Waals surface area contributed by atoms with Crippen LogP contribution >= 0.6 is 7.82 Å². The van der Waals surface area contributed by atoms with E-state index in [1.165, 1.54) is 44.9 Å². The van der Waals surface area contributed by atoms with E-state index in [-0.39, 0.29) is 26.1 Å². The summed E-state index contributed by atoms with van der Waals surface area (Å²) in [5.41, 5.74) is 0. The van der Waals surface area contributed by atoms with Gasteiger partial charge in [0.05, 0.1) is 6.61 Å². The number of aliphatic hydroxyl groups is 1. The van der Waals surface area contributed by atoms with Crippen LogP contribution in [-0.2, 0) is 28.2 Å². The van der Waals surface area contributed by atoms with Crippen molar-refractivity contribution in [3.05, 3.63) is 72.9 Å². The molecule has 0 amide bonds. The smallest absolute Gasteiger partial charge is 0.462 e. The molecule has 0 bridgehead atoms. The molecule has 0 radical (unpaired) electrons. The van der Waals surface area contributed by atoms with Crippen molar-refractivity contribution in [1.29, 1.82) is 0 Å². The molecule has 0 rings (SSSR count). The van der Waals surface area contributed by atoms with Gasteiger partial charge in [-0.05, 0) is 89.9 Å². The molecule has 0 unspecified atom stereocenters. The van der Waals surface area contributed by atoms with Crippen molar-refractivity contribution in [2.24, 2.45) is 0 Å². The first-order chi connectivity index (χ1) is 25.8. The SMILES string of the molecule is CCCCC/C=C\C/C=C\CCCCCCCCCC(=O)OC[C@H](COP(=O)(O)O)OC(=O)CCC/C=C\C/C=C\C/C=C\C/C=C\CCCCCO. The number of carbonyl (C=O) groups is 2. The molecule has 0 aromatic heterocycles. The van der Waals surface area contributed by atoms with E-state index in [0.717, 1.165) is 77.0 Å². The van der Waals surface area contributed by atoms with Crippen LogP contribution in [0.5, 0.6) is 0 Å². The molecule has 0 fully saturated rings. The van der Waals surface area contributed by atoms with Crippen LogP contribution < -0.4 is 0 Å². The van der Waals surface area contributed by atoms with E-state index >= 15 is 0 Å². The number of esters is 2. The van der Waals surface area contributed by atoms with Gasteiger partial charge in [0.15, 0.2) is 6.10 Å². The topological polar surface area (TPSA) is 140 Å². The van der Waals surface area contributed by atoms with Gasteiger partial charge in [0, 0.05) is 19.4 Å². The Hall–Kier alpha value is -2.55. The van der Waals surface area contributed by atoms with Crippen LogP contribution in [0.15, 0.2) is 72.9 Å². The first-order valence-corrected chi connectivity index (χ1v) is 21.9. The summed E-state index contributed by atoms with van der Waals surface area (Å²) < 4.78 is 26.3. The zero-order valence-electron chi connectivity index (χ0n) is 32.8. The molecule has 3 N–H and O–H groups in total. The molecule has 0 saturated carbocycles. The molecule has 0 aliphatic heterocycles. The van der Waals surface area contributed by atoms with Gasteiger partial charge in [0.25, 0.3) is 0 Å². The molecular weight excluding hydrogens is 691 g/mol. The maximum atomic E-state index is 12.4. The Morgan fingerprint density at radius 2 is 0.943 bits per heavy atom. The van der Waals surface area contributed by atoms with Crippen LogP contribution in [0.2, 0.25) is 0 Å². The third-order valence-electron chi connectivity index (χ3n) is 8.25. The van der Waals surface area contributed by atoms with Crippen molar-refractivity contribution < 1.29 is 43.0 Å². The van der Waals surface area contributed by atoms with Gasteiger partial charge >= 0.3 is 19.8 Å². The summed E-state index contributed by atoms with van der Waals surface area (Å²) in [6.45, 7) is 1.61. The molecule has 9 nitrogen and oxygen atoms in total. The number of unbranched alkanes of at least 4 members (excludes halogenated alkanes) is 14. The Morgan fingerprint density at radius 1 is 0.528 bits per heavy atom. The molecule has 0 aliphatic carbocycles. The van der Waals surface area contributed by atoms with Gasteiger partial charge in [0.1, 0.15) is 6.61 Å². The number of rotatable bonds is 37. The highest BCUT2D eigenvalue weighted by Gasteiger charge is 2.22. The van der Waals surface area contributed by atoms with Crippen LogP contribution in [0, 0.1) is 0 Å². The summed E-state index contributed by atoms with van der Waals surface area (Å²) in [7, 11) is -4.78. The van der Waals surface area contributed by atoms with E-state index in [1.807, 2.05) is 12.2 Å². The summed E-state index contributed by atoms with van der Waals surface area (Å²) in [6, 6.07) is 0. The Bertz CT molecular complexity index is 1090. The molecule has 0 aromatic carbocycles. The summed E-state index contributed by atoms with van der Waals surface area (Å²) >= 11 is 0. The molecule has 0 aliphatic rings. The average molecular weight is 765 g/mol. The van der Waals surface area contributed by atoms with Gasteiger partial charge in [-0.15, -0.1) is 0 Å². The lowest BCUT2D eigenvalue weighted by Crippen LogP contribution is -2.29. The predicted molar refractivity (Wildman–Crippen MR) is 217 cm³/mol. The highest BCUT2D eigenvalue weighted by atomic mass is 31.2. The van der Waals surface area contributed by atoms with Crippen molar-refractivity contribution in [3.63, 3.8) is 0 Å². The largest absolute Gasteiger partial charge is 0.469 e. The standard InChI is InChI=1S/C43H73O9P/c1-2-3-4-5-6-7-8-9-10-12-15-18-21-24-27-30-33-36-42(45)50-39-41(40-51-53(47,48)49)52-43(46)37-34-31-28-25-22-19-16-13-11-14-17-20-23-26-29-32-35-38-44/h6-7,9-11,14,16,19-20,23,25,28,41,44H,2-5,8,12-13,15,17-18,21-22,24,26-27,29-40H2,1H3,(H2,47,48,49)/b7-6-,10-9-,14-11-,19-16-,23-20-,28-25-/t41-/m1/s1. The molecule has 0 saturated heterocycles. The normalized spacial score (nSPS) is 13.2. The second-order valence-electron chi connectivity index (χ2n) is 13.3. The molecular formula is C43H73O9P. The molecule has 0 spiro atoms. The molecule has 0 aromatic rings. The van der Waals surface area contributed by atoms with Crippen molar-refractivity contribution in [3.8, 4) is 0 Å². The van der Waals surface area contributed by atoms with Crippen molar-refractivity contribution in [2.45, 2.75) is 167 Å². The highest BCUT2D eigenvalue weighted by molar-refractivity contribution is 7.46. The van der Waals surface area contributed by atoms with Crippen molar-refractivity contribution in [2.75, 3.05) is 19.8 Å². The fourth-order valence-corrected chi connectivity index (χ4v) is 5.56. The molecule has 0 heterocycles. The summed E-state index contributed by atoms with van der Waals surface area (Å²) in [5, 5.41) is 8.77. The van der Waals surface area contributed by atoms with E-state index < -0.39 is 32.5 Å². The predicted octanol–water partition coefficient (Wildman–Crippen LogP) is 11.3. The molecule has 304 valence electrons. The molecule has 10 heteroatoms.